The number of aromatic amines is 1. The average molecular weight is 261 g/mol. The fraction of sp³-hybridized carbons (Fsp3) is 0.583. The molecule has 0 radical (unpaired) electrons. The van der Waals surface area contributed by atoms with E-state index < -0.39 is 0 Å². The van der Waals surface area contributed by atoms with E-state index in [-0.39, 0.29) is 5.95 Å². The predicted octanol–water partition coefficient (Wildman–Crippen LogP) is 0.831. The van der Waals surface area contributed by atoms with Crippen LogP contribution >= 0.6 is 0 Å². The zero-order chi connectivity index (χ0) is 13.2. The molecule has 4 N–H and O–H groups in total. The lowest BCUT2D eigenvalue weighted by Gasteiger charge is -2.24. The van der Waals surface area contributed by atoms with Gasteiger partial charge in [-0.05, 0) is 32.9 Å². The number of nitrogens with zero attached hydrogens (tertiary/aromatic N) is 4. The van der Waals surface area contributed by atoms with Crippen LogP contribution in [-0.2, 0) is 0 Å². The minimum atomic E-state index is 0.257. The lowest BCUT2D eigenvalue weighted by molar-refractivity contribution is 0.269. The molecule has 19 heavy (non-hydrogen) atoms. The van der Waals surface area contributed by atoms with Crippen LogP contribution in [0.3, 0.4) is 0 Å². The molecule has 7 heteroatoms. The minimum absolute atomic E-state index is 0.257. The van der Waals surface area contributed by atoms with Crippen LogP contribution in [-0.4, -0.2) is 50.7 Å². The SMILES string of the molecule is CC(CNc1nc(N)nc2[nH]ncc12)N1CCCC1. The van der Waals surface area contributed by atoms with Gasteiger partial charge >= 0.3 is 0 Å². The fourth-order valence-corrected chi connectivity index (χ4v) is 2.54. The Morgan fingerprint density at radius 3 is 3.00 bits per heavy atom. The summed E-state index contributed by atoms with van der Waals surface area (Å²) in [5.41, 5.74) is 6.36. The fourth-order valence-electron chi connectivity index (χ4n) is 2.54. The predicted molar refractivity (Wildman–Crippen MR) is 74.9 cm³/mol. The summed E-state index contributed by atoms with van der Waals surface area (Å²) in [6.45, 7) is 5.46. The molecule has 0 saturated carbocycles. The van der Waals surface area contributed by atoms with E-state index in [1.54, 1.807) is 6.20 Å². The maximum absolute atomic E-state index is 5.69. The molecule has 1 saturated heterocycles. The van der Waals surface area contributed by atoms with Gasteiger partial charge in [-0.1, -0.05) is 0 Å². The number of anilines is 2. The molecule has 1 atom stereocenters. The van der Waals surface area contributed by atoms with Crippen LogP contribution in [0.4, 0.5) is 11.8 Å². The Morgan fingerprint density at radius 1 is 1.42 bits per heavy atom. The molecule has 0 bridgehead atoms. The quantitative estimate of drug-likeness (QED) is 0.754. The van der Waals surface area contributed by atoms with E-state index in [1.807, 2.05) is 0 Å². The molecule has 1 unspecified atom stereocenters. The van der Waals surface area contributed by atoms with Gasteiger partial charge in [-0.25, -0.2) is 0 Å². The zero-order valence-corrected chi connectivity index (χ0v) is 11.1. The van der Waals surface area contributed by atoms with Crippen molar-refractivity contribution in [3.8, 4) is 0 Å². The van der Waals surface area contributed by atoms with E-state index in [2.05, 4.69) is 37.3 Å². The first-order chi connectivity index (χ1) is 9.24. The molecular weight excluding hydrogens is 242 g/mol. The van der Waals surface area contributed by atoms with Gasteiger partial charge in [0.25, 0.3) is 0 Å². The Balaban J connectivity index is 1.72. The zero-order valence-electron chi connectivity index (χ0n) is 11.1. The first kappa shape index (κ1) is 12.2. The Morgan fingerprint density at radius 2 is 2.21 bits per heavy atom. The number of fused-ring (bicyclic) bond motifs is 1. The molecule has 3 rings (SSSR count). The number of nitrogens with one attached hydrogen (secondary N) is 2. The lowest BCUT2D eigenvalue weighted by atomic mass is 10.3. The normalized spacial score (nSPS) is 17.9. The summed E-state index contributed by atoms with van der Waals surface area (Å²) >= 11 is 0. The molecule has 7 nitrogen and oxygen atoms in total. The largest absolute Gasteiger partial charge is 0.368 e. The van der Waals surface area contributed by atoms with Gasteiger partial charge in [0.2, 0.25) is 5.95 Å². The monoisotopic (exact) mass is 261 g/mol. The molecule has 0 spiro atoms. The molecule has 102 valence electrons. The molecule has 1 aliphatic heterocycles. The first-order valence-corrected chi connectivity index (χ1v) is 6.68. The van der Waals surface area contributed by atoms with E-state index >= 15 is 0 Å². The molecule has 0 aromatic carbocycles. The first-order valence-electron chi connectivity index (χ1n) is 6.68. The number of aromatic nitrogens is 4. The summed E-state index contributed by atoms with van der Waals surface area (Å²) in [6, 6.07) is 0.487. The molecule has 3 heterocycles. The Labute approximate surface area is 111 Å². The molecule has 2 aromatic heterocycles. The smallest absolute Gasteiger partial charge is 0.224 e. The molecule has 1 fully saturated rings. The maximum atomic E-state index is 5.69. The molecule has 0 amide bonds. The average Bonchev–Trinajstić information content (AvgIpc) is 3.05. The van der Waals surface area contributed by atoms with Crippen molar-refractivity contribution in [1.82, 2.24) is 25.1 Å². The van der Waals surface area contributed by atoms with Gasteiger partial charge in [0, 0.05) is 12.6 Å². The van der Waals surface area contributed by atoms with Crippen molar-refractivity contribution in [2.24, 2.45) is 0 Å². The van der Waals surface area contributed by atoms with Crippen molar-refractivity contribution in [3.63, 3.8) is 0 Å². The van der Waals surface area contributed by atoms with Crippen molar-refractivity contribution in [2.75, 3.05) is 30.7 Å². The summed E-state index contributed by atoms with van der Waals surface area (Å²) < 4.78 is 0. The summed E-state index contributed by atoms with van der Waals surface area (Å²) in [7, 11) is 0. The highest BCUT2D eigenvalue weighted by Gasteiger charge is 2.18. The number of nitrogen functional groups attached to an aromatic ring is 1. The second-order valence-corrected chi connectivity index (χ2v) is 5.04. The third-order valence-corrected chi connectivity index (χ3v) is 3.66. The van der Waals surface area contributed by atoms with E-state index in [1.165, 1.54) is 25.9 Å². The van der Waals surface area contributed by atoms with Crippen LogP contribution in [0.5, 0.6) is 0 Å². The summed E-state index contributed by atoms with van der Waals surface area (Å²) in [6.07, 6.45) is 4.32. The van der Waals surface area contributed by atoms with Gasteiger partial charge in [-0.2, -0.15) is 15.1 Å². The van der Waals surface area contributed by atoms with Gasteiger partial charge < -0.3 is 11.1 Å². The third-order valence-electron chi connectivity index (χ3n) is 3.66. The Bertz CT molecular complexity index is 558. The standard InChI is InChI=1S/C12H19N7/c1-8(19-4-2-3-5-19)6-14-10-9-7-15-18-11(9)17-12(13)16-10/h7-8H,2-6H2,1H3,(H4,13,14,15,16,17,18). The van der Waals surface area contributed by atoms with E-state index in [4.69, 9.17) is 5.73 Å². The van der Waals surface area contributed by atoms with Crippen LogP contribution in [0.2, 0.25) is 0 Å². The Kier molecular flexibility index (Phi) is 3.20. The molecular formula is C12H19N7. The van der Waals surface area contributed by atoms with Crippen molar-refractivity contribution < 1.29 is 0 Å². The van der Waals surface area contributed by atoms with Gasteiger partial charge in [-0.3, -0.25) is 10.00 Å². The van der Waals surface area contributed by atoms with Crippen molar-refractivity contribution in [1.29, 1.82) is 0 Å². The minimum Gasteiger partial charge on any atom is -0.368 e. The van der Waals surface area contributed by atoms with E-state index in [0.29, 0.717) is 11.7 Å². The number of hydrogen-bond acceptors (Lipinski definition) is 6. The van der Waals surface area contributed by atoms with Crippen LogP contribution in [0, 0.1) is 0 Å². The number of rotatable bonds is 4. The van der Waals surface area contributed by atoms with Gasteiger partial charge in [0.05, 0.1) is 11.6 Å². The number of likely N-dealkylation sites (tertiary alicyclic amines) is 1. The Hall–Kier alpha value is -1.89. The highest BCUT2D eigenvalue weighted by Crippen LogP contribution is 2.19. The van der Waals surface area contributed by atoms with Crippen molar-refractivity contribution in [2.45, 2.75) is 25.8 Å². The van der Waals surface area contributed by atoms with E-state index in [9.17, 15) is 0 Å². The molecule has 2 aromatic rings. The lowest BCUT2D eigenvalue weighted by Crippen LogP contribution is -2.35. The topological polar surface area (TPSA) is 95.8 Å². The third kappa shape index (κ3) is 2.46. The van der Waals surface area contributed by atoms with Gasteiger partial charge in [0.15, 0.2) is 5.65 Å². The summed E-state index contributed by atoms with van der Waals surface area (Å²) in [4.78, 5) is 10.8. The molecule has 1 aliphatic rings. The number of hydrogen-bond donors (Lipinski definition) is 3. The van der Waals surface area contributed by atoms with Crippen molar-refractivity contribution >= 4 is 22.8 Å². The maximum Gasteiger partial charge on any atom is 0.224 e. The van der Waals surface area contributed by atoms with Gasteiger partial charge in [0.1, 0.15) is 5.82 Å². The summed E-state index contributed by atoms with van der Waals surface area (Å²) in [5.74, 6) is 1.01. The highest BCUT2D eigenvalue weighted by molar-refractivity contribution is 5.86. The van der Waals surface area contributed by atoms with Crippen LogP contribution in [0.15, 0.2) is 6.20 Å². The second kappa shape index (κ2) is 5.00. The van der Waals surface area contributed by atoms with Crippen LogP contribution < -0.4 is 11.1 Å². The van der Waals surface area contributed by atoms with Crippen LogP contribution in [0.1, 0.15) is 19.8 Å². The molecule has 0 aliphatic carbocycles. The highest BCUT2D eigenvalue weighted by atomic mass is 15.2. The number of nitrogens with two attached hydrogens (primary N) is 1. The summed E-state index contributed by atoms with van der Waals surface area (Å²) in [5, 5.41) is 11.0. The number of H-pyrrole nitrogens is 1. The second-order valence-electron chi connectivity index (χ2n) is 5.04. The van der Waals surface area contributed by atoms with Crippen molar-refractivity contribution in [3.05, 3.63) is 6.20 Å². The van der Waals surface area contributed by atoms with Crippen LogP contribution in [0.25, 0.3) is 11.0 Å². The van der Waals surface area contributed by atoms with E-state index in [0.717, 1.165) is 17.7 Å². The van der Waals surface area contributed by atoms with Gasteiger partial charge in [-0.15, -0.1) is 0 Å².